The second-order valence-corrected chi connectivity index (χ2v) is 10.7. The third-order valence-electron chi connectivity index (χ3n) is 4.34. The van der Waals surface area contributed by atoms with Crippen molar-refractivity contribution in [3.05, 3.63) is 75.5 Å². The van der Waals surface area contributed by atoms with Crippen molar-refractivity contribution >= 4 is 60.5 Å². The standard InChI is InChI=1S/C21H20Cl2N2O3S2/c1-2-12-25-19-16(22)10-11-17(23)20(19)29-21(25)24-18(26)9-6-13-30(27,28)14-15-7-4-3-5-8-15/h2-5,7-8,10-11H,1,6,9,12-14H2. The molecule has 5 nitrogen and oxygen atoms in total. The van der Waals surface area contributed by atoms with Gasteiger partial charge in [0.15, 0.2) is 14.6 Å². The molecular weight excluding hydrogens is 463 g/mol. The van der Waals surface area contributed by atoms with Gasteiger partial charge < -0.3 is 4.57 Å². The highest BCUT2D eigenvalue weighted by Gasteiger charge is 2.15. The van der Waals surface area contributed by atoms with Gasteiger partial charge in [0, 0.05) is 13.0 Å². The lowest BCUT2D eigenvalue weighted by atomic mass is 10.2. The van der Waals surface area contributed by atoms with E-state index in [1.165, 1.54) is 11.3 Å². The fourth-order valence-electron chi connectivity index (χ4n) is 3.00. The van der Waals surface area contributed by atoms with Crippen LogP contribution in [0.1, 0.15) is 18.4 Å². The minimum atomic E-state index is -3.30. The Bertz CT molecular complexity index is 1250. The van der Waals surface area contributed by atoms with Crippen LogP contribution < -0.4 is 4.80 Å². The zero-order valence-corrected chi connectivity index (χ0v) is 19.2. The zero-order chi connectivity index (χ0) is 21.7. The monoisotopic (exact) mass is 482 g/mol. The van der Waals surface area contributed by atoms with E-state index in [2.05, 4.69) is 11.6 Å². The number of fused-ring (bicyclic) bond motifs is 1. The molecule has 2 aromatic carbocycles. The lowest BCUT2D eigenvalue weighted by molar-refractivity contribution is -0.118. The molecule has 158 valence electrons. The summed E-state index contributed by atoms with van der Waals surface area (Å²) in [4.78, 5) is 17.0. The van der Waals surface area contributed by atoms with Gasteiger partial charge in [0.25, 0.3) is 0 Å². The minimum Gasteiger partial charge on any atom is -0.311 e. The number of halogens is 2. The Kier molecular flexibility index (Phi) is 7.52. The summed E-state index contributed by atoms with van der Waals surface area (Å²) in [6.45, 7) is 4.15. The van der Waals surface area contributed by atoms with Crippen LogP contribution in [0.5, 0.6) is 0 Å². The number of rotatable bonds is 8. The Morgan fingerprint density at radius 1 is 1.13 bits per heavy atom. The van der Waals surface area contributed by atoms with E-state index in [0.717, 1.165) is 10.3 Å². The van der Waals surface area contributed by atoms with E-state index in [0.29, 0.717) is 26.9 Å². The molecule has 0 saturated heterocycles. The molecule has 3 aromatic rings. The summed E-state index contributed by atoms with van der Waals surface area (Å²) in [6.07, 6.45) is 1.94. The van der Waals surface area contributed by atoms with Crippen molar-refractivity contribution in [3.63, 3.8) is 0 Å². The van der Waals surface area contributed by atoms with Gasteiger partial charge in [0.2, 0.25) is 5.91 Å². The average Bonchev–Trinajstić information content (AvgIpc) is 3.04. The molecule has 1 amide bonds. The van der Waals surface area contributed by atoms with Crippen LogP contribution >= 0.6 is 34.5 Å². The van der Waals surface area contributed by atoms with Gasteiger partial charge in [0.1, 0.15) is 0 Å². The average molecular weight is 483 g/mol. The SMILES string of the molecule is C=CCn1c(=NC(=O)CCCS(=O)(=O)Cc2ccccc2)sc2c(Cl)ccc(Cl)c21. The highest BCUT2D eigenvalue weighted by atomic mass is 35.5. The maximum absolute atomic E-state index is 12.4. The first-order valence-electron chi connectivity index (χ1n) is 9.21. The van der Waals surface area contributed by atoms with Gasteiger partial charge in [0.05, 0.1) is 31.8 Å². The maximum atomic E-state index is 12.4. The van der Waals surface area contributed by atoms with Crippen molar-refractivity contribution in [2.75, 3.05) is 5.75 Å². The maximum Gasteiger partial charge on any atom is 0.248 e. The van der Waals surface area contributed by atoms with Crippen LogP contribution in [0.3, 0.4) is 0 Å². The number of sulfone groups is 1. The molecule has 1 heterocycles. The largest absolute Gasteiger partial charge is 0.311 e. The van der Waals surface area contributed by atoms with E-state index >= 15 is 0 Å². The lowest BCUT2D eigenvalue weighted by Crippen LogP contribution is -2.17. The topological polar surface area (TPSA) is 68.5 Å². The quantitative estimate of drug-likeness (QED) is 0.423. The molecule has 0 N–H and O–H groups in total. The fourth-order valence-corrected chi connectivity index (χ4v) is 6.10. The first kappa shape index (κ1) is 22.7. The van der Waals surface area contributed by atoms with Gasteiger partial charge in [-0.1, -0.05) is 70.9 Å². The highest BCUT2D eigenvalue weighted by Crippen LogP contribution is 2.31. The molecule has 0 radical (unpaired) electrons. The van der Waals surface area contributed by atoms with Gasteiger partial charge in [-0.15, -0.1) is 6.58 Å². The van der Waals surface area contributed by atoms with Crippen LogP contribution in [0.4, 0.5) is 0 Å². The summed E-state index contributed by atoms with van der Waals surface area (Å²) < 4.78 is 27.1. The second kappa shape index (κ2) is 9.92. The number of allylic oxidation sites excluding steroid dienone is 1. The first-order valence-corrected chi connectivity index (χ1v) is 12.6. The number of amides is 1. The predicted octanol–water partition coefficient (Wildman–Crippen LogP) is 5.02. The zero-order valence-electron chi connectivity index (χ0n) is 16.1. The number of aromatic nitrogens is 1. The minimum absolute atomic E-state index is 0.0359. The van der Waals surface area contributed by atoms with Crippen molar-refractivity contribution in [2.24, 2.45) is 4.99 Å². The molecule has 0 aliphatic heterocycles. The Labute approximate surface area is 189 Å². The van der Waals surface area contributed by atoms with Crippen molar-refractivity contribution < 1.29 is 13.2 Å². The first-order chi connectivity index (χ1) is 14.3. The van der Waals surface area contributed by atoms with Gasteiger partial charge in [-0.05, 0) is 24.1 Å². The van der Waals surface area contributed by atoms with Crippen LogP contribution in [0.25, 0.3) is 10.2 Å². The van der Waals surface area contributed by atoms with Crippen LogP contribution in [-0.4, -0.2) is 24.6 Å². The molecule has 9 heteroatoms. The van der Waals surface area contributed by atoms with Crippen LogP contribution in [0, 0.1) is 0 Å². The molecule has 0 atom stereocenters. The molecule has 0 saturated carbocycles. The molecule has 30 heavy (non-hydrogen) atoms. The summed E-state index contributed by atoms with van der Waals surface area (Å²) >= 11 is 13.9. The molecule has 0 unspecified atom stereocenters. The fraction of sp³-hybridized carbons (Fsp3) is 0.238. The van der Waals surface area contributed by atoms with E-state index in [4.69, 9.17) is 23.2 Å². The number of hydrogen-bond acceptors (Lipinski definition) is 4. The molecule has 0 aliphatic rings. The van der Waals surface area contributed by atoms with Crippen LogP contribution in [0.2, 0.25) is 10.0 Å². The predicted molar refractivity (Wildman–Crippen MR) is 124 cm³/mol. The number of benzene rings is 2. The number of nitrogens with zero attached hydrogens (tertiary/aromatic N) is 2. The number of carbonyl (C=O) groups excluding carboxylic acids is 1. The van der Waals surface area contributed by atoms with Crippen molar-refractivity contribution in [1.82, 2.24) is 4.57 Å². The Hall–Kier alpha value is -1.93. The number of hydrogen-bond donors (Lipinski definition) is 0. The van der Waals surface area contributed by atoms with E-state index < -0.39 is 9.84 Å². The molecular formula is C21H20Cl2N2O3S2. The Morgan fingerprint density at radius 2 is 1.83 bits per heavy atom. The third kappa shape index (κ3) is 5.60. The van der Waals surface area contributed by atoms with E-state index in [9.17, 15) is 13.2 Å². The van der Waals surface area contributed by atoms with E-state index in [-0.39, 0.29) is 30.3 Å². The van der Waals surface area contributed by atoms with Gasteiger partial charge >= 0.3 is 0 Å². The molecule has 3 rings (SSSR count). The normalized spacial score (nSPS) is 12.4. The summed E-state index contributed by atoms with van der Waals surface area (Å²) in [5.41, 5.74) is 1.43. The molecule has 0 spiro atoms. The van der Waals surface area contributed by atoms with Crippen molar-refractivity contribution in [2.45, 2.75) is 25.1 Å². The van der Waals surface area contributed by atoms with Crippen molar-refractivity contribution in [1.29, 1.82) is 0 Å². The van der Waals surface area contributed by atoms with Gasteiger partial charge in [-0.25, -0.2) is 8.42 Å². The smallest absolute Gasteiger partial charge is 0.248 e. The van der Waals surface area contributed by atoms with Gasteiger partial charge in [-0.3, -0.25) is 4.79 Å². The highest BCUT2D eigenvalue weighted by molar-refractivity contribution is 7.90. The lowest BCUT2D eigenvalue weighted by Gasteiger charge is -2.04. The summed E-state index contributed by atoms with van der Waals surface area (Å²) in [5, 5.41) is 1.03. The molecule has 0 fully saturated rings. The summed E-state index contributed by atoms with van der Waals surface area (Å²) in [5.74, 6) is -0.493. The third-order valence-corrected chi connectivity index (χ3v) is 7.86. The number of carbonyl (C=O) groups is 1. The van der Waals surface area contributed by atoms with E-state index in [1.807, 2.05) is 6.07 Å². The molecule has 0 bridgehead atoms. The van der Waals surface area contributed by atoms with Gasteiger partial charge in [-0.2, -0.15) is 4.99 Å². The Balaban J connectivity index is 1.74. The molecule has 0 aliphatic carbocycles. The van der Waals surface area contributed by atoms with Crippen LogP contribution in [-0.2, 0) is 26.9 Å². The Morgan fingerprint density at radius 3 is 2.53 bits per heavy atom. The van der Waals surface area contributed by atoms with Crippen molar-refractivity contribution in [3.8, 4) is 0 Å². The summed E-state index contributed by atoms with van der Waals surface area (Å²) in [7, 11) is -3.30. The molecule has 1 aromatic heterocycles. The van der Waals surface area contributed by atoms with E-state index in [1.54, 1.807) is 47.0 Å². The van der Waals surface area contributed by atoms with Crippen LogP contribution in [0.15, 0.2) is 60.1 Å². The second-order valence-electron chi connectivity index (χ2n) is 6.68. The summed E-state index contributed by atoms with van der Waals surface area (Å²) in [6, 6.07) is 12.4. The number of thiazole rings is 1.